The highest BCUT2D eigenvalue weighted by Crippen LogP contribution is 2.16. The van der Waals surface area contributed by atoms with Crippen LogP contribution in [0.3, 0.4) is 0 Å². The molecule has 0 aliphatic heterocycles. The number of ether oxygens (including phenoxy) is 1. The van der Waals surface area contributed by atoms with Gasteiger partial charge in [-0.05, 0) is 39.4 Å². The van der Waals surface area contributed by atoms with E-state index >= 15 is 0 Å². The Balaban J connectivity index is 2.51. The molecule has 1 aromatic carbocycles. The number of hydrogen-bond donors (Lipinski definition) is 3. The van der Waals surface area contributed by atoms with Crippen molar-refractivity contribution in [1.29, 1.82) is 0 Å². The predicted molar refractivity (Wildman–Crippen MR) is 100 cm³/mol. The molecule has 144 valence electrons. The fourth-order valence-corrected chi connectivity index (χ4v) is 2.13. The van der Waals surface area contributed by atoms with Gasteiger partial charge >= 0.3 is 6.03 Å². The van der Waals surface area contributed by atoms with Gasteiger partial charge in [0.2, 0.25) is 11.8 Å². The number of carbonyl (C=O) groups is 3. The predicted octanol–water partition coefficient (Wildman–Crippen LogP) is 1.58. The molecular weight excluding hydrogens is 336 g/mol. The van der Waals surface area contributed by atoms with Gasteiger partial charge in [-0.2, -0.15) is 0 Å². The highest BCUT2D eigenvalue weighted by molar-refractivity contribution is 5.96. The number of urea groups is 1. The summed E-state index contributed by atoms with van der Waals surface area (Å²) in [5.41, 5.74) is 0.172. The lowest BCUT2D eigenvalue weighted by Crippen LogP contribution is -2.50. The van der Waals surface area contributed by atoms with Crippen LogP contribution in [0.15, 0.2) is 24.3 Å². The van der Waals surface area contributed by atoms with E-state index in [1.807, 2.05) is 27.7 Å². The van der Waals surface area contributed by atoms with Crippen molar-refractivity contribution in [1.82, 2.24) is 15.5 Å². The van der Waals surface area contributed by atoms with Crippen LogP contribution in [0.4, 0.5) is 10.5 Å². The fourth-order valence-electron chi connectivity index (χ4n) is 2.13. The van der Waals surface area contributed by atoms with E-state index in [2.05, 4.69) is 16.0 Å². The Morgan fingerprint density at radius 2 is 1.77 bits per heavy atom. The number of imide groups is 1. The van der Waals surface area contributed by atoms with E-state index in [4.69, 9.17) is 4.74 Å². The molecule has 4 amide bonds. The average Bonchev–Trinajstić information content (AvgIpc) is 2.52. The first-order valence-corrected chi connectivity index (χ1v) is 8.41. The standard InChI is InChI=1S/C18H28N4O4/c1-6-22(12-16(24)20-17(25)21-18(2,3)4)11-15(23)19-13-8-7-9-14(10-13)26-5/h7-10H,6,11-12H2,1-5H3,(H,19,23)(H2,20,21,24,25). The largest absolute Gasteiger partial charge is 0.497 e. The van der Waals surface area contributed by atoms with Crippen molar-refractivity contribution in [3.8, 4) is 5.75 Å². The van der Waals surface area contributed by atoms with Crippen molar-refractivity contribution in [2.45, 2.75) is 33.2 Å². The number of likely N-dealkylation sites (N-methyl/N-ethyl adjacent to an activating group) is 1. The molecule has 0 heterocycles. The molecule has 0 aromatic heterocycles. The average molecular weight is 364 g/mol. The van der Waals surface area contributed by atoms with Gasteiger partial charge in [0.05, 0.1) is 20.2 Å². The number of benzene rings is 1. The monoisotopic (exact) mass is 364 g/mol. The lowest BCUT2D eigenvalue weighted by molar-refractivity contribution is -0.122. The van der Waals surface area contributed by atoms with Crippen molar-refractivity contribution < 1.29 is 19.1 Å². The molecule has 0 atom stereocenters. The summed E-state index contributed by atoms with van der Waals surface area (Å²) in [5, 5.41) is 7.66. The number of hydrogen-bond acceptors (Lipinski definition) is 5. The van der Waals surface area contributed by atoms with Crippen LogP contribution in [0.25, 0.3) is 0 Å². The lowest BCUT2D eigenvalue weighted by Gasteiger charge is -2.22. The van der Waals surface area contributed by atoms with E-state index in [1.165, 1.54) is 0 Å². The van der Waals surface area contributed by atoms with Crippen LogP contribution in [0.1, 0.15) is 27.7 Å². The number of amides is 4. The van der Waals surface area contributed by atoms with E-state index in [0.29, 0.717) is 18.0 Å². The second-order valence-electron chi connectivity index (χ2n) is 6.84. The van der Waals surface area contributed by atoms with Gasteiger partial charge < -0.3 is 15.4 Å². The Morgan fingerprint density at radius 1 is 1.12 bits per heavy atom. The molecule has 8 nitrogen and oxygen atoms in total. The summed E-state index contributed by atoms with van der Waals surface area (Å²) < 4.78 is 5.11. The number of nitrogens with one attached hydrogen (secondary N) is 3. The Morgan fingerprint density at radius 3 is 2.35 bits per heavy atom. The maximum absolute atomic E-state index is 12.2. The Labute approximate surface area is 154 Å². The van der Waals surface area contributed by atoms with Crippen LogP contribution in [-0.4, -0.2) is 55.0 Å². The van der Waals surface area contributed by atoms with Gasteiger partial charge in [-0.15, -0.1) is 0 Å². The number of nitrogens with zero attached hydrogens (tertiary/aromatic N) is 1. The second-order valence-corrected chi connectivity index (χ2v) is 6.84. The quantitative estimate of drug-likeness (QED) is 0.682. The summed E-state index contributed by atoms with van der Waals surface area (Å²) >= 11 is 0. The first kappa shape index (κ1) is 21.4. The van der Waals surface area contributed by atoms with Crippen LogP contribution in [0.2, 0.25) is 0 Å². The second kappa shape index (κ2) is 9.76. The normalized spacial score (nSPS) is 11.0. The molecular formula is C18H28N4O4. The summed E-state index contributed by atoms with van der Waals surface area (Å²) in [7, 11) is 1.55. The molecule has 0 bridgehead atoms. The fraction of sp³-hybridized carbons (Fsp3) is 0.500. The van der Waals surface area contributed by atoms with Gasteiger partial charge in [0.1, 0.15) is 5.75 Å². The van der Waals surface area contributed by atoms with E-state index in [1.54, 1.807) is 36.3 Å². The van der Waals surface area contributed by atoms with E-state index in [9.17, 15) is 14.4 Å². The van der Waals surface area contributed by atoms with Crippen molar-refractivity contribution in [2.24, 2.45) is 0 Å². The summed E-state index contributed by atoms with van der Waals surface area (Å²) in [6, 6.07) is 6.45. The van der Waals surface area contributed by atoms with Crippen molar-refractivity contribution in [2.75, 3.05) is 32.1 Å². The van der Waals surface area contributed by atoms with Crippen LogP contribution in [-0.2, 0) is 9.59 Å². The summed E-state index contributed by atoms with van der Waals surface area (Å²) in [5.74, 6) is -0.0887. The van der Waals surface area contributed by atoms with Crippen LogP contribution in [0.5, 0.6) is 5.75 Å². The summed E-state index contributed by atoms with van der Waals surface area (Å²) in [6.07, 6.45) is 0. The minimum Gasteiger partial charge on any atom is -0.497 e. The number of rotatable bonds is 7. The van der Waals surface area contributed by atoms with Crippen molar-refractivity contribution in [3.05, 3.63) is 24.3 Å². The zero-order valence-electron chi connectivity index (χ0n) is 16.0. The minimum absolute atomic E-state index is 0.0298. The maximum Gasteiger partial charge on any atom is 0.321 e. The van der Waals surface area contributed by atoms with Crippen LogP contribution < -0.4 is 20.7 Å². The van der Waals surface area contributed by atoms with E-state index < -0.39 is 17.5 Å². The Hall–Kier alpha value is -2.61. The van der Waals surface area contributed by atoms with Gasteiger partial charge in [-0.25, -0.2) is 4.79 Å². The third-order valence-electron chi connectivity index (χ3n) is 3.28. The zero-order valence-corrected chi connectivity index (χ0v) is 16.0. The molecule has 0 unspecified atom stereocenters. The first-order valence-electron chi connectivity index (χ1n) is 8.41. The summed E-state index contributed by atoms with van der Waals surface area (Å²) in [6.45, 7) is 7.75. The molecule has 3 N–H and O–H groups in total. The molecule has 26 heavy (non-hydrogen) atoms. The Bertz CT molecular complexity index is 640. The molecule has 8 heteroatoms. The van der Waals surface area contributed by atoms with Crippen LogP contribution >= 0.6 is 0 Å². The van der Waals surface area contributed by atoms with Gasteiger partial charge in [0.25, 0.3) is 0 Å². The minimum atomic E-state index is -0.556. The van der Waals surface area contributed by atoms with Crippen molar-refractivity contribution >= 4 is 23.5 Å². The Kier molecular flexibility index (Phi) is 8.05. The van der Waals surface area contributed by atoms with E-state index in [0.717, 1.165) is 0 Å². The third kappa shape index (κ3) is 8.48. The number of carbonyl (C=O) groups excluding carboxylic acids is 3. The van der Waals surface area contributed by atoms with Gasteiger partial charge in [0, 0.05) is 17.3 Å². The number of methoxy groups -OCH3 is 1. The topological polar surface area (TPSA) is 99.8 Å². The molecule has 0 radical (unpaired) electrons. The first-order chi connectivity index (χ1) is 12.1. The molecule has 1 rings (SSSR count). The molecule has 0 aliphatic carbocycles. The number of anilines is 1. The maximum atomic E-state index is 12.2. The third-order valence-corrected chi connectivity index (χ3v) is 3.28. The molecule has 0 spiro atoms. The highest BCUT2D eigenvalue weighted by atomic mass is 16.5. The SMILES string of the molecule is CCN(CC(=O)NC(=O)NC(C)(C)C)CC(=O)Nc1cccc(OC)c1. The smallest absolute Gasteiger partial charge is 0.321 e. The summed E-state index contributed by atoms with van der Waals surface area (Å²) in [4.78, 5) is 37.5. The van der Waals surface area contributed by atoms with Gasteiger partial charge in [-0.3, -0.25) is 19.8 Å². The highest BCUT2D eigenvalue weighted by Gasteiger charge is 2.18. The molecule has 1 aromatic rings. The molecule has 0 fully saturated rings. The lowest BCUT2D eigenvalue weighted by atomic mass is 10.1. The molecule has 0 saturated carbocycles. The molecule has 0 aliphatic rings. The van der Waals surface area contributed by atoms with Gasteiger partial charge in [0.15, 0.2) is 0 Å². The van der Waals surface area contributed by atoms with Crippen molar-refractivity contribution in [3.63, 3.8) is 0 Å². The molecule has 0 saturated heterocycles. The van der Waals surface area contributed by atoms with Crippen LogP contribution in [0, 0.1) is 0 Å². The van der Waals surface area contributed by atoms with E-state index in [-0.39, 0.29) is 19.0 Å². The van der Waals surface area contributed by atoms with Gasteiger partial charge in [-0.1, -0.05) is 13.0 Å². The zero-order chi connectivity index (χ0) is 19.7.